The Hall–Kier alpha value is -0.900. The SMILES string of the molecule is Cc1ccc(C)c(CNN2CCN(C)CC2)c1. The van der Waals surface area contributed by atoms with E-state index in [9.17, 15) is 0 Å². The van der Waals surface area contributed by atoms with E-state index in [0.29, 0.717) is 0 Å². The molecule has 1 fully saturated rings. The van der Waals surface area contributed by atoms with Crippen LogP contribution >= 0.6 is 0 Å². The zero-order valence-corrected chi connectivity index (χ0v) is 11.2. The van der Waals surface area contributed by atoms with Crippen LogP contribution < -0.4 is 5.43 Å². The minimum Gasteiger partial charge on any atom is -0.304 e. The van der Waals surface area contributed by atoms with Gasteiger partial charge in [0.15, 0.2) is 0 Å². The molecule has 1 N–H and O–H groups in total. The van der Waals surface area contributed by atoms with Crippen LogP contribution in [0, 0.1) is 13.8 Å². The van der Waals surface area contributed by atoms with Crippen LogP contribution in [0.3, 0.4) is 0 Å². The predicted octanol–water partition coefficient (Wildman–Crippen LogP) is 1.56. The van der Waals surface area contributed by atoms with Gasteiger partial charge in [0.1, 0.15) is 0 Å². The van der Waals surface area contributed by atoms with Crippen LogP contribution in [-0.2, 0) is 6.54 Å². The van der Waals surface area contributed by atoms with Gasteiger partial charge in [-0.25, -0.2) is 5.01 Å². The lowest BCUT2D eigenvalue weighted by molar-refractivity contribution is 0.102. The maximum Gasteiger partial charge on any atom is 0.0356 e. The van der Waals surface area contributed by atoms with Gasteiger partial charge in [0.05, 0.1) is 0 Å². The summed E-state index contributed by atoms with van der Waals surface area (Å²) in [6.45, 7) is 9.80. The van der Waals surface area contributed by atoms with Crippen molar-refractivity contribution in [1.29, 1.82) is 0 Å². The van der Waals surface area contributed by atoms with Gasteiger partial charge in [0.2, 0.25) is 0 Å². The molecule has 1 heterocycles. The third-order valence-corrected chi connectivity index (χ3v) is 3.50. The standard InChI is InChI=1S/C14H23N3/c1-12-4-5-13(2)14(10-12)11-15-17-8-6-16(3)7-9-17/h4-5,10,15H,6-9,11H2,1-3H3. The molecule has 3 nitrogen and oxygen atoms in total. The normalized spacial score (nSPS) is 18.5. The van der Waals surface area contributed by atoms with Crippen LogP contribution in [0.2, 0.25) is 0 Å². The van der Waals surface area contributed by atoms with Crippen molar-refractivity contribution in [2.75, 3.05) is 33.2 Å². The number of nitrogens with zero attached hydrogens (tertiary/aromatic N) is 2. The average molecular weight is 233 g/mol. The highest BCUT2D eigenvalue weighted by Gasteiger charge is 2.13. The lowest BCUT2D eigenvalue weighted by atomic mass is 10.1. The first kappa shape index (κ1) is 12.6. The van der Waals surface area contributed by atoms with Crippen LogP contribution in [0.4, 0.5) is 0 Å². The van der Waals surface area contributed by atoms with Crippen molar-refractivity contribution in [2.45, 2.75) is 20.4 Å². The Bertz CT molecular complexity index is 368. The van der Waals surface area contributed by atoms with E-state index in [4.69, 9.17) is 0 Å². The first-order chi connectivity index (χ1) is 8.15. The zero-order valence-electron chi connectivity index (χ0n) is 11.2. The number of piperazine rings is 1. The summed E-state index contributed by atoms with van der Waals surface area (Å²) in [6, 6.07) is 6.66. The molecule has 0 unspecified atom stereocenters. The van der Waals surface area contributed by atoms with Gasteiger partial charge in [-0.05, 0) is 32.0 Å². The Morgan fingerprint density at radius 3 is 2.53 bits per heavy atom. The van der Waals surface area contributed by atoms with E-state index in [1.807, 2.05) is 0 Å². The van der Waals surface area contributed by atoms with Gasteiger partial charge in [-0.3, -0.25) is 5.43 Å². The molecule has 17 heavy (non-hydrogen) atoms. The number of nitrogens with one attached hydrogen (secondary N) is 1. The molecule has 0 aromatic heterocycles. The molecule has 0 atom stereocenters. The number of hydrazine groups is 1. The van der Waals surface area contributed by atoms with Crippen molar-refractivity contribution < 1.29 is 0 Å². The molecule has 3 heteroatoms. The minimum absolute atomic E-state index is 0.942. The predicted molar refractivity (Wildman–Crippen MR) is 71.8 cm³/mol. The number of benzene rings is 1. The number of likely N-dealkylation sites (N-methyl/N-ethyl adjacent to an activating group) is 1. The summed E-state index contributed by atoms with van der Waals surface area (Å²) in [5.74, 6) is 0. The third-order valence-electron chi connectivity index (χ3n) is 3.50. The Morgan fingerprint density at radius 1 is 1.12 bits per heavy atom. The van der Waals surface area contributed by atoms with Gasteiger partial charge >= 0.3 is 0 Å². The van der Waals surface area contributed by atoms with Crippen molar-refractivity contribution in [1.82, 2.24) is 15.3 Å². The number of rotatable bonds is 3. The highest BCUT2D eigenvalue weighted by molar-refractivity contribution is 5.30. The van der Waals surface area contributed by atoms with Gasteiger partial charge in [-0.2, -0.15) is 0 Å². The molecule has 1 aliphatic rings. The molecule has 0 saturated carbocycles. The van der Waals surface area contributed by atoms with Crippen molar-refractivity contribution in [3.8, 4) is 0 Å². The topological polar surface area (TPSA) is 18.5 Å². The van der Waals surface area contributed by atoms with Gasteiger partial charge in [-0.15, -0.1) is 0 Å². The monoisotopic (exact) mass is 233 g/mol. The Balaban J connectivity index is 1.87. The van der Waals surface area contributed by atoms with E-state index >= 15 is 0 Å². The summed E-state index contributed by atoms with van der Waals surface area (Å²) in [5.41, 5.74) is 7.65. The van der Waals surface area contributed by atoms with Gasteiger partial charge in [0.25, 0.3) is 0 Å². The summed E-state index contributed by atoms with van der Waals surface area (Å²) >= 11 is 0. The Morgan fingerprint density at radius 2 is 1.82 bits per heavy atom. The van der Waals surface area contributed by atoms with Crippen LogP contribution in [0.5, 0.6) is 0 Å². The number of aryl methyl sites for hydroxylation is 2. The van der Waals surface area contributed by atoms with Crippen LogP contribution in [0.15, 0.2) is 18.2 Å². The van der Waals surface area contributed by atoms with E-state index in [2.05, 4.69) is 54.4 Å². The largest absolute Gasteiger partial charge is 0.304 e. The van der Waals surface area contributed by atoms with Crippen molar-refractivity contribution in [2.24, 2.45) is 0 Å². The van der Waals surface area contributed by atoms with E-state index < -0.39 is 0 Å². The van der Waals surface area contributed by atoms with E-state index in [0.717, 1.165) is 32.7 Å². The molecule has 1 saturated heterocycles. The maximum absolute atomic E-state index is 3.53. The van der Waals surface area contributed by atoms with Crippen LogP contribution in [0.1, 0.15) is 16.7 Å². The van der Waals surface area contributed by atoms with Crippen molar-refractivity contribution in [3.63, 3.8) is 0 Å². The molecule has 1 aliphatic heterocycles. The number of hydrogen-bond acceptors (Lipinski definition) is 3. The Labute approximate surface area is 104 Å². The zero-order chi connectivity index (χ0) is 12.3. The van der Waals surface area contributed by atoms with Gasteiger partial charge in [-0.1, -0.05) is 23.8 Å². The summed E-state index contributed by atoms with van der Waals surface area (Å²) in [4.78, 5) is 2.37. The second-order valence-corrected chi connectivity index (χ2v) is 5.06. The quantitative estimate of drug-likeness (QED) is 0.854. The van der Waals surface area contributed by atoms with Crippen molar-refractivity contribution in [3.05, 3.63) is 34.9 Å². The summed E-state index contributed by atoms with van der Waals surface area (Å²) in [6.07, 6.45) is 0. The molecule has 1 aromatic rings. The van der Waals surface area contributed by atoms with Gasteiger partial charge < -0.3 is 4.90 Å². The molecule has 2 rings (SSSR count). The highest BCUT2D eigenvalue weighted by Crippen LogP contribution is 2.10. The smallest absolute Gasteiger partial charge is 0.0356 e. The lowest BCUT2D eigenvalue weighted by Crippen LogP contribution is -2.50. The van der Waals surface area contributed by atoms with Crippen LogP contribution in [-0.4, -0.2) is 43.1 Å². The van der Waals surface area contributed by atoms with E-state index in [1.165, 1.54) is 16.7 Å². The first-order valence-electron chi connectivity index (χ1n) is 6.38. The first-order valence-corrected chi connectivity index (χ1v) is 6.38. The maximum atomic E-state index is 3.53. The summed E-state index contributed by atoms with van der Waals surface area (Å²) < 4.78 is 0. The number of hydrogen-bond donors (Lipinski definition) is 1. The summed E-state index contributed by atoms with van der Waals surface area (Å²) in [7, 11) is 2.18. The third kappa shape index (κ3) is 3.53. The average Bonchev–Trinajstić information content (AvgIpc) is 2.32. The second-order valence-electron chi connectivity index (χ2n) is 5.06. The molecule has 0 aliphatic carbocycles. The fraction of sp³-hybridized carbons (Fsp3) is 0.571. The van der Waals surface area contributed by atoms with E-state index in [-0.39, 0.29) is 0 Å². The molecule has 0 bridgehead atoms. The van der Waals surface area contributed by atoms with Gasteiger partial charge in [0, 0.05) is 32.7 Å². The summed E-state index contributed by atoms with van der Waals surface area (Å²) in [5, 5.41) is 2.34. The molecule has 0 radical (unpaired) electrons. The highest BCUT2D eigenvalue weighted by atomic mass is 15.5. The minimum atomic E-state index is 0.942. The fourth-order valence-electron chi connectivity index (χ4n) is 2.15. The molecule has 1 aromatic carbocycles. The molecule has 94 valence electrons. The molecular formula is C14H23N3. The van der Waals surface area contributed by atoms with E-state index in [1.54, 1.807) is 0 Å². The van der Waals surface area contributed by atoms with Crippen molar-refractivity contribution >= 4 is 0 Å². The van der Waals surface area contributed by atoms with Crippen LogP contribution in [0.25, 0.3) is 0 Å². The Kier molecular flexibility index (Phi) is 4.15. The molecule has 0 spiro atoms. The molecular weight excluding hydrogens is 210 g/mol. The molecule has 0 amide bonds. The lowest BCUT2D eigenvalue weighted by Gasteiger charge is -2.32. The second kappa shape index (κ2) is 5.63. The fourth-order valence-corrected chi connectivity index (χ4v) is 2.15.